The molecule has 0 spiro atoms. The highest BCUT2D eigenvalue weighted by molar-refractivity contribution is 5.94. The van der Waals surface area contributed by atoms with Crippen LogP contribution < -0.4 is 16.0 Å². The molecule has 1 heterocycles. The predicted octanol–water partition coefficient (Wildman–Crippen LogP) is 2.56. The fourth-order valence-corrected chi connectivity index (χ4v) is 2.82. The first-order valence-corrected chi connectivity index (χ1v) is 9.35. The van der Waals surface area contributed by atoms with Crippen LogP contribution in [0.25, 0.3) is 0 Å². The summed E-state index contributed by atoms with van der Waals surface area (Å²) in [4.78, 5) is 16.6. The lowest BCUT2D eigenvalue weighted by Gasteiger charge is -2.21. The van der Waals surface area contributed by atoms with Crippen LogP contribution in [-0.4, -0.2) is 50.3 Å². The van der Waals surface area contributed by atoms with Gasteiger partial charge in [0.25, 0.3) is 5.91 Å². The lowest BCUT2D eigenvalue weighted by Crippen LogP contribution is -2.42. The Kier molecular flexibility index (Phi) is 7.68. The monoisotopic (exact) mass is 400 g/mol. The van der Waals surface area contributed by atoms with Crippen LogP contribution in [0.15, 0.2) is 29.3 Å². The second kappa shape index (κ2) is 9.77. The van der Waals surface area contributed by atoms with Crippen LogP contribution in [0.2, 0.25) is 0 Å². The zero-order valence-corrected chi connectivity index (χ0v) is 16.2. The van der Waals surface area contributed by atoms with E-state index in [1.165, 1.54) is 12.1 Å². The van der Waals surface area contributed by atoms with Crippen LogP contribution in [0.4, 0.5) is 13.2 Å². The Hall–Kier alpha value is -2.29. The van der Waals surface area contributed by atoms with Crippen molar-refractivity contribution in [1.82, 2.24) is 16.0 Å². The summed E-state index contributed by atoms with van der Waals surface area (Å²) in [5.41, 5.74) is -0.837. The predicted molar refractivity (Wildman–Crippen MR) is 101 cm³/mol. The number of guanidine groups is 1. The minimum atomic E-state index is -4.42. The molecule has 1 aliphatic heterocycles. The number of halogens is 3. The molecule has 1 atom stereocenters. The maximum absolute atomic E-state index is 12.6. The van der Waals surface area contributed by atoms with Gasteiger partial charge in [0.2, 0.25) is 0 Å². The molecule has 6 nitrogen and oxygen atoms in total. The number of rotatable bonds is 7. The van der Waals surface area contributed by atoms with Gasteiger partial charge in [-0.25, -0.2) is 0 Å². The molecule has 0 aromatic heterocycles. The van der Waals surface area contributed by atoms with Gasteiger partial charge in [-0.05, 0) is 51.0 Å². The van der Waals surface area contributed by atoms with Crippen LogP contribution >= 0.6 is 0 Å². The van der Waals surface area contributed by atoms with E-state index in [0.717, 1.165) is 31.6 Å². The summed E-state index contributed by atoms with van der Waals surface area (Å²) in [5.74, 6) is 0.201. The largest absolute Gasteiger partial charge is 0.416 e. The van der Waals surface area contributed by atoms with Crippen molar-refractivity contribution in [3.63, 3.8) is 0 Å². The standard InChI is InChI=1S/C19H27F3N4O2/c1-3-23-17(26-13-18(2)9-4-12-28-18)25-11-10-24-16(27)14-5-7-15(8-6-14)19(20,21)22/h5-8H,3-4,9-13H2,1-2H3,(H,24,27)(H2,23,25,26). The lowest BCUT2D eigenvalue weighted by molar-refractivity contribution is -0.137. The Bertz CT molecular complexity index is 669. The summed E-state index contributed by atoms with van der Waals surface area (Å²) >= 11 is 0. The average molecular weight is 400 g/mol. The Balaban J connectivity index is 1.78. The zero-order valence-electron chi connectivity index (χ0n) is 16.2. The first-order valence-electron chi connectivity index (χ1n) is 9.35. The molecule has 1 aliphatic rings. The molecule has 0 radical (unpaired) electrons. The Morgan fingerprint density at radius 2 is 1.86 bits per heavy atom. The quantitative estimate of drug-likeness (QED) is 0.374. The molecule has 156 valence electrons. The van der Waals surface area contributed by atoms with Crippen LogP contribution in [0, 0.1) is 0 Å². The molecule has 1 aromatic rings. The van der Waals surface area contributed by atoms with Gasteiger partial charge >= 0.3 is 6.18 Å². The summed E-state index contributed by atoms with van der Waals surface area (Å²) in [6.45, 7) is 6.72. The third-order valence-corrected chi connectivity index (χ3v) is 4.39. The van der Waals surface area contributed by atoms with Crippen molar-refractivity contribution in [2.24, 2.45) is 4.99 Å². The van der Waals surface area contributed by atoms with Crippen molar-refractivity contribution < 1.29 is 22.7 Å². The number of amides is 1. The first kappa shape index (κ1) is 22.0. The molecule has 0 bridgehead atoms. The molecule has 2 rings (SSSR count). The van der Waals surface area contributed by atoms with E-state index in [1.54, 1.807) is 0 Å². The van der Waals surface area contributed by atoms with E-state index in [2.05, 4.69) is 20.9 Å². The number of carbonyl (C=O) groups excluding carboxylic acids is 1. The topological polar surface area (TPSA) is 74.8 Å². The molecule has 1 unspecified atom stereocenters. The lowest BCUT2D eigenvalue weighted by atomic mass is 10.0. The Labute approximate surface area is 162 Å². The second-order valence-corrected chi connectivity index (χ2v) is 6.85. The molecule has 3 N–H and O–H groups in total. The van der Waals surface area contributed by atoms with Crippen molar-refractivity contribution in [2.45, 2.75) is 38.5 Å². The van der Waals surface area contributed by atoms with Crippen molar-refractivity contribution in [2.75, 3.05) is 32.8 Å². The van der Waals surface area contributed by atoms with Crippen molar-refractivity contribution in [3.05, 3.63) is 35.4 Å². The van der Waals surface area contributed by atoms with Gasteiger partial charge in [-0.15, -0.1) is 0 Å². The first-order chi connectivity index (χ1) is 13.2. The summed E-state index contributed by atoms with van der Waals surface area (Å²) in [6, 6.07) is 4.13. The number of ether oxygens (including phenoxy) is 1. The number of nitrogens with zero attached hydrogens (tertiary/aromatic N) is 1. The van der Waals surface area contributed by atoms with Crippen LogP contribution in [-0.2, 0) is 10.9 Å². The molecule has 1 fully saturated rings. The van der Waals surface area contributed by atoms with Gasteiger partial charge in [-0.3, -0.25) is 9.79 Å². The molecule has 1 saturated heterocycles. The van der Waals surface area contributed by atoms with Crippen LogP contribution in [0.3, 0.4) is 0 Å². The minimum absolute atomic E-state index is 0.180. The van der Waals surface area contributed by atoms with Crippen molar-refractivity contribution in [3.8, 4) is 0 Å². The van der Waals surface area contributed by atoms with Crippen molar-refractivity contribution in [1.29, 1.82) is 0 Å². The average Bonchev–Trinajstić information content (AvgIpc) is 3.09. The summed E-state index contributed by atoms with van der Waals surface area (Å²) in [7, 11) is 0. The third-order valence-electron chi connectivity index (χ3n) is 4.39. The molecule has 0 aliphatic carbocycles. The molecular formula is C19H27F3N4O2. The van der Waals surface area contributed by atoms with Crippen LogP contribution in [0.5, 0.6) is 0 Å². The Morgan fingerprint density at radius 1 is 1.18 bits per heavy atom. The van der Waals surface area contributed by atoms with Crippen molar-refractivity contribution >= 4 is 11.9 Å². The van der Waals surface area contributed by atoms with E-state index < -0.39 is 17.6 Å². The van der Waals surface area contributed by atoms with Gasteiger partial charge in [0.15, 0.2) is 5.96 Å². The van der Waals surface area contributed by atoms with Gasteiger partial charge in [0, 0.05) is 31.8 Å². The maximum atomic E-state index is 12.6. The zero-order chi connectivity index (χ0) is 20.6. The molecular weight excluding hydrogens is 373 g/mol. The fourth-order valence-electron chi connectivity index (χ4n) is 2.82. The summed E-state index contributed by atoms with van der Waals surface area (Å²) in [6.07, 6.45) is -2.41. The van der Waals surface area contributed by atoms with Gasteiger partial charge in [-0.1, -0.05) is 0 Å². The summed E-state index contributed by atoms with van der Waals surface area (Å²) in [5, 5.41) is 8.91. The number of hydrogen-bond acceptors (Lipinski definition) is 3. The number of aliphatic imine (C=N–C) groups is 1. The third kappa shape index (κ3) is 6.70. The van der Waals surface area contributed by atoms with E-state index in [0.29, 0.717) is 32.1 Å². The smallest absolute Gasteiger partial charge is 0.373 e. The molecule has 1 amide bonds. The molecule has 1 aromatic carbocycles. The van der Waals surface area contributed by atoms with Crippen LogP contribution in [0.1, 0.15) is 42.6 Å². The maximum Gasteiger partial charge on any atom is 0.416 e. The molecule has 28 heavy (non-hydrogen) atoms. The number of carbonyl (C=O) groups is 1. The van der Waals surface area contributed by atoms with Gasteiger partial charge in [0.1, 0.15) is 0 Å². The highest BCUT2D eigenvalue weighted by atomic mass is 19.4. The van der Waals surface area contributed by atoms with Gasteiger partial charge < -0.3 is 20.7 Å². The van der Waals surface area contributed by atoms with E-state index in [1.807, 2.05) is 13.8 Å². The van der Waals surface area contributed by atoms with E-state index >= 15 is 0 Å². The van der Waals surface area contributed by atoms with E-state index in [4.69, 9.17) is 4.74 Å². The number of nitrogens with one attached hydrogen (secondary N) is 3. The minimum Gasteiger partial charge on any atom is -0.373 e. The SMILES string of the molecule is CCNC(=NCC1(C)CCCO1)NCCNC(=O)c1ccc(C(F)(F)F)cc1. The molecule has 9 heteroatoms. The van der Waals surface area contributed by atoms with E-state index in [9.17, 15) is 18.0 Å². The molecule has 0 saturated carbocycles. The Morgan fingerprint density at radius 3 is 2.43 bits per heavy atom. The number of alkyl halides is 3. The van der Waals surface area contributed by atoms with E-state index in [-0.39, 0.29) is 11.2 Å². The van der Waals surface area contributed by atoms with Gasteiger partial charge in [-0.2, -0.15) is 13.2 Å². The number of benzene rings is 1. The van der Waals surface area contributed by atoms with Gasteiger partial charge in [0.05, 0.1) is 17.7 Å². The number of hydrogen-bond donors (Lipinski definition) is 3. The highest BCUT2D eigenvalue weighted by Crippen LogP contribution is 2.29. The highest BCUT2D eigenvalue weighted by Gasteiger charge is 2.30. The fraction of sp³-hybridized carbons (Fsp3) is 0.579. The summed E-state index contributed by atoms with van der Waals surface area (Å²) < 4.78 is 43.4. The second-order valence-electron chi connectivity index (χ2n) is 6.85. The normalized spacial score (nSPS) is 20.1.